The van der Waals surface area contributed by atoms with E-state index in [1.807, 2.05) is 0 Å². The molecule has 0 spiro atoms. The molecule has 4 heteroatoms. The molecule has 0 radical (unpaired) electrons. The monoisotopic (exact) mass is 276 g/mol. The highest BCUT2D eigenvalue weighted by molar-refractivity contribution is 6.01. The van der Waals surface area contributed by atoms with Gasteiger partial charge in [-0.3, -0.25) is 4.79 Å². The molecule has 2 atom stereocenters. The SMILES string of the molecule is COc1cccc(N)c1C(=O)NCC1CCCCC1C. The van der Waals surface area contributed by atoms with Gasteiger partial charge < -0.3 is 15.8 Å². The summed E-state index contributed by atoms with van der Waals surface area (Å²) in [6.07, 6.45) is 5.03. The molecule has 0 heterocycles. The lowest BCUT2D eigenvalue weighted by atomic mass is 9.80. The predicted octanol–water partition coefficient (Wildman–Crippen LogP) is 2.83. The molecule has 2 rings (SSSR count). The van der Waals surface area contributed by atoms with Crippen molar-refractivity contribution >= 4 is 11.6 Å². The summed E-state index contributed by atoms with van der Waals surface area (Å²) in [7, 11) is 1.55. The maximum atomic E-state index is 12.3. The standard InChI is InChI=1S/C16H24N2O2/c1-11-6-3-4-7-12(11)10-18-16(19)15-13(17)8-5-9-14(15)20-2/h5,8-9,11-12H,3-4,6-7,10,17H2,1-2H3,(H,18,19). The highest BCUT2D eigenvalue weighted by Crippen LogP contribution is 2.29. The van der Waals surface area contributed by atoms with Crippen LogP contribution in [0.3, 0.4) is 0 Å². The van der Waals surface area contributed by atoms with E-state index >= 15 is 0 Å². The number of rotatable bonds is 4. The first-order chi connectivity index (χ1) is 9.63. The molecule has 2 unspecified atom stereocenters. The Kier molecular flexibility index (Phi) is 4.88. The zero-order chi connectivity index (χ0) is 14.5. The molecule has 1 fully saturated rings. The lowest BCUT2D eigenvalue weighted by Gasteiger charge is -2.28. The molecule has 20 heavy (non-hydrogen) atoms. The summed E-state index contributed by atoms with van der Waals surface area (Å²) in [6.45, 7) is 2.99. The average molecular weight is 276 g/mol. The van der Waals surface area contributed by atoms with Gasteiger partial charge in [0.1, 0.15) is 11.3 Å². The third-order valence-corrected chi connectivity index (χ3v) is 4.32. The Morgan fingerprint density at radius 3 is 2.85 bits per heavy atom. The number of ether oxygens (including phenoxy) is 1. The summed E-state index contributed by atoms with van der Waals surface area (Å²) in [5.41, 5.74) is 6.79. The van der Waals surface area contributed by atoms with Crippen molar-refractivity contribution in [2.24, 2.45) is 11.8 Å². The number of nitrogens with one attached hydrogen (secondary N) is 1. The second-order valence-electron chi connectivity index (χ2n) is 5.66. The first-order valence-corrected chi connectivity index (χ1v) is 7.34. The van der Waals surface area contributed by atoms with Crippen molar-refractivity contribution in [1.29, 1.82) is 0 Å². The normalized spacial score (nSPS) is 22.3. The fourth-order valence-electron chi connectivity index (χ4n) is 2.97. The van der Waals surface area contributed by atoms with Gasteiger partial charge in [0, 0.05) is 12.2 Å². The molecular formula is C16H24N2O2. The molecule has 0 aliphatic heterocycles. The van der Waals surface area contributed by atoms with E-state index in [2.05, 4.69) is 12.2 Å². The molecule has 1 aliphatic rings. The van der Waals surface area contributed by atoms with Gasteiger partial charge in [0.25, 0.3) is 5.91 Å². The van der Waals surface area contributed by atoms with E-state index < -0.39 is 0 Å². The number of nitrogens with two attached hydrogens (primary N) is 1. The average Bonchev–Trinajstić information content (AvgIpc) is 2.45. The van der Waals surface area contributed by atoms with Crippen molar-refractivity contribution in [2.45, 2.75) is 32.6 Å². The van der Waals surface area contributed by atoms with Crippen molar-refractivity contribution in [1.82, 2.24) is 5.32 Å². The number of nitrogen functional groups attached to an aromatic ring is 1. The number of benzene rings is 1. The van der Waals surface area contributed by atoms with Gasteiger partial charge in [-0.2, -0.15) is 0 Å². The molecule has 110 valence electrons. The Morgan fingerprint density at radius 1 is 1.40 bits per heavy atom. The summed E-state index contributed by atoms with van der Waals surface area (Å²) in [4.78, 5) is 12.3. The van der Waals surface area contributed by atoms with E-state index in [9.17, 15) is 4.79 Å². The van der Waals surface area contributed by atoms with Crippen LogP contribution in [0, 0.1) is 11.8 Å². The maximum absolute atomic E-state index is 12.3. The summed E-state index contributed by atoms with van der Waals surface area (Å²) in [5.74, 6) is 1.64. The first kappa shape index (κ1) is 14.7. The van der Waals surface area contributed by atoms with Gasteiger partial charge in [-0.25, -0.2) is 0 Å². The summed E-state index contributed by atoms with van der Waals surface area (Å²) < 4.78 is 5.22. The second-order valence-corrected chi connectivity index (χ2v) is 5.66. The number of amides is 1. The number of anilines is 1. The van der Waals surface area contributed by atoms with E-state index in [1.165, 1.54) is 25.7 Å². The van der Waals surface area contributed by atoms with Crippen molar-refractivity contribution in [2.75, 3.05) is 19.4 Å². The van der Waals surface area contributed by atoms with Crippen LogP contribution in [0.4, 0.5) is 5.69 Å². The van der Waals surface area contributed by atoms with Crippen molar-refractivity contribution in [3.63, 3.8) is 0 Å². The van der Waals surface area contributed by atoms with Gasteiger partial charge in [-0.15, -0.1) is 0 Å². The summed E-state index contributed by atoms with van der Waals surface area (Å²) in [6, 6.07) is 5.27. The molecule has 0 saturated heterocycles. The van der Waals surface area contributed by atoms with Crippen LogP contribution in [-0.2, 0) is 0 Å². The predicted molar refractivity (Wildman–Crippen MR) is 80.9 cm³/mol. The zero-order valence-corrected chi connectivity index (χ0v) is 12.3. The maximum Gasteiger partial charge on any atom is 0.257 e. The number of carbonyl (C=O) groups is 1. The quantitative estimate of drug-likeness (QED) is 0.831. The molecule has 1 aromatic rings. The van der Waals surface area contributed by atoms with Crippen molar-refractivity contribution < 1.29 is 9.53 Å². The molecule has 1 aromatic carbocycles. The van der Waals surface area contributed by atoms with Crippen molar-refractivity contribution in [3.8, 4) is 5.75 Å². The van der Waals surface area contributed by atoms with Crippen LogP contribution in [0.15, 0.2) is 18.2 Å². The summed E-state index contributed by atoms with van der Waals surface area (Å²) in [5, 5.41) is 3.02. The van der Waals surface area contributed by atoms with Crippen LogP contribution in [0.25, 0.3) is 0 Å². The Bertz CT molecular complexity index is 474. The van der Waals surface area contributed by atoms with E-state index in [0.717, 1.165) is 6.54 Å². The van der Waals surface area contributed by atoms with Gasteiger partial charge in [-0.05, 0) is 30.4 Å². The first-order valence-electron chi connectivity index (χ1n) is 7.34. The third kappa shape index (κ3) is 3.24. The number of hydrogen-bond acceptors (Lipinski definition) is 3. The van der Waals surface area contributed by atoms with Crippen LogP contribution in [0.5, 0.6) is 5.75 Å². The minimum atomic E-state index is -0.141. The molecule has 1 aliphatic carbocycles. The van der Waals surface area contributed by atoms with Gasteiger partial charge in [0.2, 0.25) is 0 Å². The van der Waals surface area contributed by atoms with Crippen LogP contribution in [0.2, 0.25) is 0 Å². The van der Waals surface area contributed by atoms with Crippen LogP contribution in [0.1, 0.15) is 43.0 Å². The van der Waals surface area contributed by atoms with Gasteiger partial charge in [-0.1, -0.05) is 32.3 Å². The van der Waals surface area contributed by atoms with Gasteiger partial charge >= 0.3 is 0 Å². The lowest BCUT2D eigenvalue weighted by molar-refractivity contribution is 0.0934. The number of carbonyl (C=O) groups excluding carboxylic acids is 1. The second kappa shape index (κ2) is 6.64. The fourth-order valence-corrected chi connectivity index (χ4v) is 2.97. The molecular weight excluding hydrogens is 252 g/mol. The van der Waals surface area contributed by atoms with Gasteiger partial charge in [0.05, 0.1) is 7.11 Å². The van der Waals surface area contributed by atoms with E-state index in [-0.39, 0.29) is 5.91 Å². The van der Waals surface area contributed by atoms with Crippen molar-refractivity contribution in [3.05, 3.63) is 23.8 Å². The van der Waals surface area contributed by atoms with Crippen LogP contribution in [-0.4, -0.2) is 19.6 Å². The molecule has 4 nitrogen and oxygen atoms in total. The van der Waals surface area contributed by atoms with Crippen LogP contribution >= 0.6 is 0 Å². The Labute approximate surface area is 120 Å². The minimum Gasteiger partial charge on any atom is -0.496 e. The largest absolute Gasteiger partial charge is 0.496 e. The molecule has 1 saturated carbocycles. The smallest absolute Gasteiger partial charge is 0.257 e. The fraction of sp³-hybridized carbons (Fsp3) is 0.562. The van der Waals surface area contributed by atoms with E-state index in [4.69, 9.17) is 10.5 Å². The number of hydrogen-bond donors (Lipinski definition) is 2. The molecule has 0 aromatic heterocycles. The Balaban J connectivity index is 2.01. The lowest BCUT2D eigenvalue weighted by Crippen LogP contribution is -2.34. The highest BCUT2D eigenvalue weighted by Gasteiger charge is 2.23. The van der Waals surface area contributed by atoms with E-state index in [0.29, 0.717) is 28.8 Å². The van der Waals surface area contributed by atoms with E-state index in [1.54, 1.807) is 25.3 Å². The topological polar surface area (TPSA) is 64.3 Å². The Hall–Kier alpha value is -1.71. The zero-order valence-electron chi connectivity index (χ0n) is 12.3. The molecule has 1 amide bonds. The Morgan fingerprint density at radius 2 is 2.15 bits per heavy atom. The minimum absolute atomic E-state index is 0.141. The third-order valence-electron chi connectivity index (χ3n) is 4.32. The highest BCUT2D eigenvalue weighted by atomic mass is 16.5. The molecule has 0 bridgehead atoms. The van der Waals surface area contributed by atoms with Gasteiger partial charge in [0.15, 0.2) is 0 Å². The molecule has 3 N–H and O–H groups in total. The summed E-state index contributed by atoms with van der Waals surface area (Å²) >= 11 is 0. The number of methoxy groups -OCH3 is 1. The van der Waals surface area contributed by atoms with Crippen LogP contribution < -0.4 is 15.8 Å².